The van der Waals surface area contributed by atoms with E-state index >= 15 is 0 Å². The summed E-state index contributed by atoms with van der Waals surface area (Å²) in [6.45, 7) is 7.12. The van der Waals surface area contributed by atoms with Crippen molar-refractivity contribution in [3.63, 3.8) is 0 Å². The van der Waals surface area contributed by atoms with Crippen LogP contribution in [-0.4, -0.2) is 81.1 Å². The van der Waals surface area contributed by atoms with E-state index in [1.54, 1.807) is 0 Å². The van der Waals surface area contributed by atoms with Crippen LogP contribution in [0.5, 0.6) is 0 Å². The van der Waals surface area contributed by atoms with Gasteiger partial charge in [-0.15, -0.1) is 0 Å². The summed E-state index contributed by atoms with van der Waals surface area (Å²) in [6.07, 6.45) is 13.7. The van der Waals surface area contributed by atoms with Gasteiger partial charge in [-0.25, -0.2) is 0 Å². The fourth-order valence-corrected chi connectivity index (χ4v) is 5.55. The van der Waals surface area contributed by atoms with Crippen LogP contribution in [0.3, 0.4) is 0 Å². The minimum absolute atomic E-state index is 0.360. The summed E-state index contributed by atoms with van der Waals surface area (Å²) in [6, 6.07) is 1.46. The van der Waals surface area contributed by atoms with Crippen LogP contribution >= 0.6 is 0 Å². The molecule has 0 spiro atoms. The third kappa shape index (κ3) is 4.02. The van der Waals surface area contributed by atoms with Crippen molar-refractivity contribution in [1.82, 2.24) is 24.5 Å². The third-order valence-electron chi connectivity index (χ3n) is 7.69. The first kappa shape index (κ1) is 19.0. The topological polar surface area (TPSA) is 47.8 Å². The summed E-state index contributed by atoms with van der Waals surface area (Å²) < 4.78 is 2.25. The van der Waals surface area contributed by atoms with Crippen molar-refractivity contribution in [3.8, 4) is 0 Å². The molecule has 1 saturated heterocycles. The zero-order chi connectivity index (χ0) is 18.9. The van der Waals surface area contributed by atoms with Gasteiger partial charge in [0.2, 0.25) is 0 Å². The van der Waals surface area contributed by atoms with Crippen LogP contribution in [0.4, 0.5) is 0 Å². The van der Waals surface area contributed by atoms with E-state index in [-0.39, 0.29) is 6.23 Å². The number of aliphatic hydroxyl groups excluding tert-OH is 1. The summed E-state index contributed by atoms with van der Waals surface area (Å²) in [5.74, 6) is 0. The molecule has 1 aromatic rings. The maximum atomic E-state index is 10.9. The van der Waals surface area contributed by atoms with Crippen molar-refractivity contribution in [2.45, 2.75) is 82.6 Å². The highest BCUT2D eigenvalue weighted by molar-refractivity contribution is 5.20. The Kier molecular flexibility index (Phi) is 5.73. The van der Waals surface area contributed by atoms with Gasteiger partial charge in [0.1, 0.15) is 6.23 Å². The zero-order valence-electron chi connectivity index (χ0n) is 17.3. The highest BCUT2D eigenvalue weighted by atomic mass is 16.3. The highest BCUT2D eigenvalue weighted by Gasteiger charge is 2.30. The van der Waals surface area contributed by atoms with Crippen molar-refractivity contribution < 1.29 is 5.11 Å². The van der Waals surface area contributed by atoms with Crippen molar-refractivity contribution >= 4 is 0 Å². The van der Waals surface area contributed by atoms with Gasteiger partial charge in [-0.2, -0.15) is 5.10 Å². The number of hydrogen-bond acceptors (Lipinski definition) is 5. The lowest BCUT2D eigenvalue weighted by atomic mass is 9.91. The number of aliphatic hydroxyl groups is 1. The molecule has 1 aromatic heterocycles. The van der Waals surface area contributed by atoms with Crippen LogP contribution in [0.25, 0.3) is 0 Å². The van der Waals surface area contributed by atoms with E-state index in [1.807, 2.05) is 0 Å². The summed E-state index contributed by atoms with van der Waals surface area (Å²) in [5.41, 5.74) is 2.61. The minimum atomic E-state index is -0.360. The lowest BCUT2D eigenvalue weighted by molar-refractivity contribution is -0.0415. The Hall–Kier alpha value is -0.950. The molecule has 2 aliphatic carbocycles. The SMILES string of the molecule is OC(CN1CCN(C2CCC2)CC1)N1CCc2nn(C3CCCCC3)cc2C1. The molecule has 2 aliphatic heterocycles. The van der Waals surface area contributed by atoms with Crippen LogP contribution in [0.1, 0.15) is 68.7 Å². The molecule has 3 heterocycles. The molecule has 6 heteroatoms. The maximum absolute atomic E-state index is 10.9. The largest absolute Gasteiger partial charge is 0.377 e. The lowest BCUT2D eigenvalue weighted by Crippen LogP contribution is -2.55. The third-order valence-corrected chi connectivity index (χ3v) is 7.69. The quantitative estimate of drug-likeness (QED) is 0.840. The molecular formula is C22H37N5O. The van der Waals surface area contributed by atoms with Crippen molar-refractivity contribution in [3.05, 3.63) is 17.5 Å². The highest BCUT2D eigenvalue weighted by Crippen LogP contribution is 2.30. The van der Waals surface area contributed by atoms with Crippen LogP contribution in [0.2, 0.25) is 0 Å². The Morgan fingerprint density at radius 1 is 0.929 bits per heavy atom. The van der Waals surface area contributed by atoms with Crippen LogP contribution < -0.4 is 0 Å². The Morgan fingerprint density at radius 2 is 1.68 bits per heavy atom. The molecule has 1 atom stereocenters. The average Bonchev–Trinajstić information content (AvgIpc) is 3.12. The van der Waals surface area contributed by atoms with Crippen LogP contribution in [0, 0.1) is 0 Å². The molecular weight excluding hydrogens is 350 g/mol. The number of nitrogens with zero attached hydrogens (tertiary/aromatic N) is 5. The standard InChI is InChI=1S/C22H37N5O/c28-22(17-24-11-13-25(14-12-24)19-7-4-8-19)26-10-9-21-18(15-26)16-27(23-21)20-5-2-1-3-6-20/h16,19-20,22,28H,1-15,17H2. The van der Waals surface area contributed by atoms with E-state index < -0.39 is 0 Å². The number of aromatic nitrogens is 2. The van der Waals surface area contributed by atoms with Gasteiger partial charge in [0, 0.05) is 70.0 Å². The second-order valence-corrected chi connectivity index (χ2v) is 9.50. The summed E-state index contributed by atoms with van der Waals surface area (Å²) in [4.78, 5) is 7.38. The Morgan fingerprint density at radius 3 is 2.39 bits per heavy atom. The molecule has 28 heavy (non-hydrogen) atoms. The van der Waals surface area contributed by atoms with Crippen molar-refractivity contribution in [1.29, 1.82) is 0 Å². The molecule has 3 fully saturated rings. The number of β-amino-alcohol motifs (C(OH)–C–C–N with tert-alkyl or cyclic N) is 1. The first-order valence-electron chi connectivity index (χ1n) is 11.7. The fourth-order valence-electron chi connectivity index (χ4n) is 5.55. The molecule has 0 aromatic carbocycles. The van der Waals surface area contributed by atoms with Gasteiger partial charge in [-0.1, -0.05) is 25.7 Å². The van der Waals surface area contributed by atoms with Crippen molar-refractivity contribution in [2.24, 2.45) is 0 Å². The molecule has 0 radical (unpaired) electrons. The van der Waals surface area contributed by atoms with Gasteiger partial charge < -0.3 is 5.11 Å². The summed E-state index contributed by atoms with van der Waals surface area (Å²) in [7, 11) is 0. The lowest BCUT2D eigenvalue weighted by Gasteiger charge is -2.44. The van der Waals surface area contributed by atoms with Gasteiger partial charge in [-0.3, -0.25) is 19.4 Å². The van der Waals surface area contributed by atoms with Crippen LogP contribution in [0.15, 0.2) is 6.20 Å². The molecule has 6 nitrogen and oxygen atoms in total. The van der Waals surface area contributed by atoms with E-state index in [4.69, 9.17) is 5.10 Å². The second kappa shape index (κ2) is 8.42. The van der Waals surface area contributed by atoms with Crippen LogP contribution in [-0.2, 0) is 13.0 Å². The first-order chi connectivity index (χ1) is 13.8. The van der Waals surface area contributed by atoms with Gasteiger partial charge in [0.25, 0.3) is 0 Å². The van der Waals surface area contributed by atoms with E-state index in [9.17, 15) is 5.11 Å². The number of piperazine rings is 1. The van der Waals surface area contributed by atoms with Gasteiger partial charge in [0.05, 0.1) is 11.7 Å². The molecule has 1 N–H and O–H groups in total. The molecule has 156 valence electrons. The first-order valence-corrected chi connectivity index (χ1v) is 11.7. The summed E-state index contributed by atoms with van der Waals surface area (Å²) >= 11 is 0. The predicted octanol–water partition coefficient (Wildman–Crippen LogP) is 2.23. The maximum Gasteiger partial charge on any atom is 0.120 e. The zero-order valence-corrected chi connectivity index (χ0v) is 17.3. The average molecular weight is 388 g/mol. The van der Waals surface area contributed by atoms with Gasteiger partial charge in [0.15, 0.2) is 0 Å². The molecule has 5 rings (SSSR count). The molecule has 4 aliphatic rings. The fraction of sp³-hybridized carbons (Fsp3) is 0.864. The minimum Gasteiger partial charge on any atom is -0.377 e. The Balaban J connectivity index is 1.13. The normalized spacial score (nSPS) is 27.5. The molecule has 1 unspecified atom stereocenters. The predicted molar refractivity (Wildman–Crippen MR) is 110 cm³/mol. The smallest absolute Gasteiger partial charge is 0.120 e. The monoisotopic (exact) mass is 387 g/mol. The second-order valence-electron chi connectivity index (χ2n) is 9.50. The summed E-state index contributed by atoms with van der Waals surface area (Å²) in [5, 5.41) is 15.8. The van der Waals surface area contributed by atoms with E-state index in [0.29, 0.717) is 6.04 Å². The Bertz CT molecular complexity index is 643. The van der Waals surface area contributed by atoms with Gasteiger partial charge >= 0.3 is 0 Å². The number of hydrogen-bond donors (Lipinski definition) is 1. The molecule has 0 amide bonds. The molecule has 2 saturated carbocycles. The van der Waals surface area contributed by atoms with Gasteiger partial charge in [-0.05, 0) is 25.7 Å². The number of rotatable bonds is 5. The Labute approximate surface area is 169 Å². The van der Waals surface area contributed by atoms with E-state index in [1.165, 1.54) is 75.7 Å². The van der Waals surface area contributed by atoms with Crippen molar-refractivity contribution in [2.75, 3.05) is 39.3 Å². The van der Waals surface area contributed by atoms with E-state index in [0.717, 1.165) is 45.2 Å². The molecule has 0 bridgehead atoms. The van der Waals surface area contributed by atoms with E-state index in [2.05, 4.69) is 25.6 Å². The number of fused-ring (bicyclic) bond motifs is 1.